The minimum absolute atomic E-state index is 0.179. The van der Waals surface area contributed by atoms with E-state index in [0.29, 0.717) is 16.6 Å². The predicted octanol–water partition coefficient (Wildman–Crippen LogP) is 2.21. The van der Waals surface area contributed by atoms with Crippen molar-refractivity contribution in [3.8, 4) is 17.0 Å². The van der Waals surface area contributed by atoms with Crippen LogP contribution in [0.25, 0.3) is 17.0 Å². The lowest BCUT2D eigenvalue weighted by Crippen LogP contribution is -2.14. The first kappa shape index (κ1) is 13.7. The summed E-state index contributed by atoms with van der Waals surface area (Å²) in [6.07, 6.45) is 0. The van der Waals surface area contributed by atoms with E-state index in [1.165, 1.54) is 22.3 Å². The van der Waals surface area contributed by atoms with Crippen LogP contribution in [0.5, 0.6) is 5.75 Å². The number of H-pyrrole nitrogens is 1. The molecular weight excluding hydrogens is 288 g/mol. The van der Waals surface area contributed by atoms with Crippen LogP contribution in [-0.2, 0) is 0 Å². The topological polar surface area (TPSA) is 72.3 Å². The van der Waals surface area contributed by atoms with Gasteiger partial charge >= 0.3 is 0 Å². The Hall–Kier alpha value is -2.28. The fraction of sp³-hybridized carbons (Fsp3) is 0.214. The van der Waals surface area contributed by atoms with Gasteiger partial charge < -0.3 is 4.74 Å². The first-order valence-corrected chi connectivity index (χ1v) is 7.47. The maximum absolute atomic E-state index is 12.1. The Bertz CT molecular complexity index is 823. The van der Waals surface area contributed by atoms with Crippen LogP contribution in [0.2, 0.25) is 0 Å². The van der Waals surface area contributed by atoms with E-state index in [-0.39, 0.29) is 5.56 Å². The van der Waals surface area contributed by atoms with Crippen molar-refractivity contribution in [1.29, 1.82) is 0 Å². The number of benzene rings is 1. The van der Waals surface area contributed by atoms with Crippen LogP contribution in [0, 0.1) is 0 Å². The molecule has 0 spiro atoms. The Morgan fingerprint density at radius 2 is 2.05 bits per heavy atom. The number of hydrogen-bond acceptors (Lipinski definition) is 5. The zero-order valence-electron chi connectivity index (χ0n) is 11.7. The van der Waals surface area contributed by atoms with Crippen molar-refractivity contribution in [3.05, 3.63) is 40.7 Å². The summed E-state index contributed by atoms with van der Waals surface area (Å²) in [5, 5.41) is 3.62. The fourth-order valence-corrected chi connectivity index (χ4v) is 2.55. The number of fused-ring (bicyclic) bond motifs is 1. The number of thioether (sulfide) groups is 1. The van der Waals surface area contributed by atoms with Crippen molar-refractivity contribution in [2.75, 3.05) is 12.9 Å². The third-order valence-electron chi connectivity index (χ3n) is 2.98. The normalized spacial score (nSPS) is 11.0. The molecule has 21 heavy (non-hydrogen) atoms. The van der Waals surface area contributed by atoms with Crippen LogP contribution in [0.3, 0.4) is 0 Å². The predicted molar refractivity (Wildman–Crippen MR) is 82.0 cm³/mol. The quantitative estimate of drug-likeness (QED) is 0.748. The highest BCUT2D eigenvalue weighted by atomic mass is 32.2. The van der Waals surface area contributed by atoms with E-state index in [4.69, 9.17) is 4.74 Å². The zero-order chi connectivity index (χ0) is 14.8. The van der Waals surface area contributed by atoms with Gasteiger partial charge in [-0.2, -0.15) is 9.50 Å². The van der Waals surface area contributed by atoms with E-state index >= 15 is 0 Å². The summed E-state index contributed by atoms with van der Waals surface area (Å²) in [5.74, 6) is 2.02. The van der Waals surface area contributed by atoms with Gasteiger partial charge in [-0.3, -0.25) is 9.89 Å². The van der Waals surface area contributed by atoms with E-state index in [2.05, 4.69) is 15.1 Å². The molecule has 0 atom stereocenters. The standard InChI is InChI=1S/C14H14N4O2S/c1-3-21-14-16-13-15-11(8-12(19)18(13)17-14)9-4-6-10(20-2)7-5-9/h4-8H,3H2,1-2H3,(H,15,16,17). The molecule has 0 saturated heterocycles. The average molecular weight is 302 g/mol. The second-order valence-electron chi connectivity index (χ2n) is 4.31. The van der Waals surface area contributed by atoms with Crippen molar-refractivity contribution >= 4 is 17.5 Å². The molecule has 6 nitrogen and oxygen atoms in total. The minimum atomic E-state index is -0.179. The third-order valence-corrected chi connectivity index (χ3v) is 3.72. The second-order valence-corrected chi connectivity index (χ2v) is 5.56. The summed E-state index contributed by atoms with van der Waals surface area (Å²) in [4.78, 5) is 20.9. The number of aromatic nitrogens is 4. The van der Waals surface area contributed by atoms with Crippen LogP contribution in [0.15, 0.2) is 40.3 Å². The summed E-state index contributed by atoms with van der Waals surface area (Å²) >= 11 is 1.53. The lowest BCUT2D eigenvalue weighted by Gasteiger charge is -2.02. The van der Waals surface area contributed by atoms with Gasteiger partial charge in [-0.1, -0.05) is 18.7 Å². The molecule has 3 rings (SSSR count). The van der Waals surface area contributed by atoms with Gasteiger partial charge in [0, 0.05) is 11.6 Å². The molecule has 7 heteroatoms. The van der Waals surface area contributed by atoms with Gasteiger partial charge in [0.25, 0.3) is 11.3 Å². The Kier molecular flexibility index (Phi) is 3.66. The molecule has 1 aromatic carbocycles. The van der Waals surface area contributed by atoms with Gasteiger partial charge in [0.15, 0.2) is 5.16 Å². The van der Waals surface area contributed by atoms with E-state index < -0.39 is 0 Å². The average Bonchev–Trinajstić information content (AvgIpc) is 2.91. The van der Waals surface area contributed by atoms with Crippen LogP contribution in [0.4, 0.5) is 0 Å². The number of nitrogens with one attached hydrogen (secondary N) is 1. The molecule has 0 amide bonds. The minimum Gasteiger partial charge on any atom is -0.497 e. The van der Waals surface area contributed by atoms with Crippen molar-refractivity contribution in [3.63, 3.8) is 0 Å². The van der Waals surface area contributed by atoms with Gasteiger partial charge in [-0.05, 0) is 30.0 Å². The van der Waals surface area contributed by atoms with Crippen molar-refractivity contribution in [1.82, 2.24) is 19.6 Å². The lowest BCUT2D eigenvalue weighted by atomic mass is 10.1. The smallest absolute Gasteiger partial charge is 0.274 e. The zero-order valence-corrected chi connectivity index (χ0v) is 12.5. The highest BCUT2D eigenvalue weighted by Gasteiger charge is 2.09. The summed E-state index contributed by atoms with van der Waals surface area (Å²) in [7, 11) is 1.61. The van der Waals surface area contributed by atoms with Crippen LogP contribution < -0.4 is 10.3 Å². The fourth-order valence-electron chi connectivity index (χ4n) is 1.97. The van der Waals surface area contributed by atoms with Crippen LogP contribution >= 0.6 is 11.8 Å². The van der Waals surface area contributed by atoms with E-state index in [9.17, 15) is 4.79 Å². The van der Waals surface area contributed by atoms with Crippen molar-refractivity contribution < 1.29 is 4.74 Å². The third kappa shape index (κ3) is 2.64. The van der Waals surface area contributed by atoms with Gasteiger partial charge in [0.05, 0.1) is 12.8 Å². The lowest BCUT2D eigenvalue weighted by molar-refractivity contribution is 0.415. The molecule has 3 aromatic rings. The number of aromatic amines is 1. The Balaban J connectivity index is 2.08. The summed E-state index contributed by atoms with van der Waals surface area (Å²) < 4.78 is 6.48. The molecule has 0 aliphatic rings. The molecule has 2 aromatic heterocycles. The van der Waals surface area contributed by atoms with Crippen LogP contribution in [0.1, 0.15) is 6.92 Å². The first-order chi connectivity index (χ1) is 10.2. The molecule has 1 N–H and O–H groups in total. The number of methoxy groups -OCH3 is 1. The van der Waals surface area contributed by atoms with Crippen molar-refractivity contribution in [2.24, 2.45) is 0 Å². The van der Waals surface area contributed by atoms with E-state index in [0.717, 1.165) is 17.1 Å². The van der Waals surface area contributed by atoms with Crippen LogP contribution in [-0.4, -0.2) is 32.4 Å². The maximum atomic E-state index is 12.1. The molecule has 0 unspecified atom stereocenters. The molecule has 2 heterocycles. The van der Waals surface area contributed by atoms with E-state index in [1.807, 2.05) is 31.2 Å². The Labute approximate surface area is 125 Å². The molecule has 0 bridgehead atoms. The molecule has 0 saturated carbocycles. The summed E-state index contributed by atoms with van der Waals surface area (Å²) in [6.45, 7) is 2.02. The van der Waals surface area contributed by atoms with Crippen molar-refractivity contribution in [2.45, 2.75) is 12.1 Å². The summed E-state index contributed by atoms with van der Waals surface area (Å²) in [5.41, 5.74) is 1.27. The Morgan fingerprint density at radius 3 is 2.71 bits per heavy atom. The molecule has 0 radical (unpaired) electrons. The molecule has 108 valence electrons. The highest BCUT2D eigenvalue weighted by Crippen LogP contribution is 2.20. The Morgan fingerprint density at radius 1 is 1.29 bits per heavy atom. The SMILES string of the molecule is CCSc1nc2nc(-c3ccc(OC)cc3)cc(=O)n2[nH]1. The van der Waals surface area contributed by atoms with E-state index in [1.54, 1.807) is 7.11 Å². The number of rotatable bonds is 4. The van der Waals surface area contributed by atoms with Gasteiger partial charge in [0.1, 0.15) is 5.75 Å². The number of nitrogens with zero attached hydrogens (tertiary/aromatic N) is 3. The number of hydrogen-bond donors (Lipinski definition) is 1. The maximum Gasteiger partial charge on any atom is 0.274 e. The molecule has 0 aliphatic carbocycles. The molecule has 0 aliphatic heterocycles. The monoisotopic (exact) mass is 302 g/mol. The molecule has 0 fully saturated rings. The van der Waals surface area contributed by atoms with Gasteiger partial charge in [-0.25, -0.2) is 4.98 Å². The highest BCUT2D eigenvalue weighted by molar-refractivity contribution is 7.99. The number of ether oxygens (including phenoxy) is 1. The molecular formula is C14H14N4O2S. The van der Waals surface area contributed by atoms with Gasteiger partial charge in [0.2, 0.25) is 0 Å². The van der Waals surface area contributed by atoms with Gasteiger partial charge in [-0.15, -0.1) is 0 Å². The first-order valence-electron chi connectivity index (χ1n) is 6.48. The summed E-state index contributed by atoms with van der Waals surface area (Å²) in [6, 6.07) is 8.90. The largest absolute Gasteiger partial charge is 0.497 e. The second kappa shape index (κ2) is 5.61.